The third kappa shape index (κ3) is 2.40. The third-order valence-electron chi connectivity index (χ3n) is 4.89. The van der Waals surface area contributed by atoms with E-state index in [0.29, 0.717) is 18.4 Å². The Bertz CT molecular complexity index is 738. The van der Waals surface area contributed by atoms with E-state index < -0.39 is 0 Å². The van der Waals surface area contributed by atoms with Crippen LogP contribution in [0.3, 0.4) is 0 Å². The number of fused-ring (bicyclic) bond motifs is 3. The van der Waals surface area contributed by atoms with Gasteiger partial charge in [0.25, 0.3) is 0 Å². The molecule has 0 unspecified atom stereocenters. The van der Waals surface area contributed by atoms with Gasteiger partial charge in [0.15, 0.2) is 0 Å². The third-order valence-corrected chi connectivity index (χ3v) is 4.89. The molecule has 1 heterocycles. The second-order valence-corrected chi connectivity index (χ2v) is 6.18. The van der Waals surface area contributed by atoms with E-state index in [9.17, 15) is 4.39 Å². The van der Waals surface area contributed by atoms with Crippen LogP contribution in [-0.2, 0) is 0 Å². The fourth-order valence-corrected chi connectivity index (χ4v) is 3.87. The van der Waals surface area contributed by atoms with Crippen molar-refractivity contribution in [3.8, 4) is 5.75 Å². The molecule has 0 saturated heterocycles. The Kier molecular flexibility index (Phi) is 3.56. The highest BCUT2D eigenvalue weighted by Crippen LogP contribution is 2.52. The molecule has 2 aromatic rings. The molecule has 2 aromatic carbocycles. The number of rotatable bonds is 3. The number of para-hydroxylation sites is 1. The van der Waals surface area contributed by atoms with Gasteiger partial charge in [0.05, 0.1) is 18.3 Å². The summed E-state index contributed by atoms with van der Waals surface area (Å²) in [5.74, 6) is 1.56. The number of hydrogen-bond acceptors (Lipinski definition) is 2. The molecule has 118 valence electrons. The Labute approximate surface area is 136 Å². The molecule has 0 aromatic heterocycles. The van der Waals surface area contributed by atoms with E-state index in [1.165, 1.54) is 5.56 Å². The van der Waals surface area contributed by atoms with Crippen molar-refractivity contribution >= 4 is 5.69 Å². The van der Waals surface area contributed by atoms with Crippen LogP contribution in [0.15, 0.2) is 54.6 Å². The largest absolute Gasteiger partial charge is 0.492 e. The average Bonchev–Trinajstić information content (AvgIpc) is 3.05. The monoisotopic (exact) mass is 309 g/mol. The highest BCUT2D eigenvalue weighted by atomic mass is 19.1. The van der Waals surface area contributed by atoms with E-state index in [4.69, 9.17) is 4.74 Å². The molecule has 1 aliphatic carbocycles. The lowest BCUT2D eigenvalue weighted by atomic mass is 9.77. The molecule has 0 spiro atoms. The topological polar surface area (TPSA) is 21.3 Å². The van der Waals surface area contributed by atoms with Crippen molar-refractivity contribution in [1.82, 2.24) is 0 Å². The van der Waals surface area contributed by atoms with E-state index in [-0.39, 0.29) is 11.9 Å². The Morgan fingerprint density at radius 2 is 2.00 bits per heavy atom. The molecule has 0 fully saturated rings. The smallest absolute Gasteiger partial charge is 0.142 e. The van der Waals surface area contributed by atoms with Gasteiger partial charge >= 0.3 is 0 Å². The SMILES string of the molecule is CCOc1cccc2c1N[C@H](c1ccc(F)cc1)[C@H]1CC=C[C@H]21. The van der Waals surface area contributed by atoms with Gasteiger partial charge in [-0.15, -0.1) is 0 Å². The summed E-state index contributed by atoms with van der Waals surface area (Å²) in [6.07, 6.45) is 5.60. The molecule has 0 bridgehead atoms. The van der Waals surface area contributed by atoms with E-state index >= 15 is 0 Å². The predicted molar refractivity (Wildman–Crippen MR) is 90.4 cm³/mol. The fraction of sp³-hybridized carbons (Fsp3) is 0.300. The molecule has 2 aliphatic rings. The lowest BCUT2D eigenvalue weighted by Crippen LogP contribution is -2.29. The summed E-state index contributed by atoms with van der Waals surface area (Å²) < 4.78 is 19.1. The Hall–Kier alpha value is -2.29. The highest BCUT2D eigenvalue weighted by molar-refractivity contribution is 5.67. The van der Waals surface area contributed by atoms with Crippen LogP contribution in [-0.4, -0.2) is 6.61 Å². The van der Waals surface area contributed by atoms with Crippen LogP contribution in [0.1, 0.15) is 36.4 Å². The first kappa shape index (κ1) is 14.3. The van der Waals surface area contributed by atoms with Crippen molar-refractivity contribution in [3.05, 3.63) is 71.6 Å². The molecule has 4 rings (SSSR count). The van der Waals surface area contributed by atoms with E-state index in [2.05, 4.69) is 29.6 Å². The van der Waals surface area contributed by atoms with E-state index in [1.807, 2.05) is 25.1 Å². The quantitative estimate of drug-likeness (QED) is 0.801. The van der Waals surface area contributed by atoms with Gasteiger partial charge in [-0.25, -0.2) is 4.39 Å². The average molecular weight is 309 g/mol. The standard InChI is InChI=1S/C20H20FNO/c1-2-23-18-8-4-7-17-15-5-3-6-16(15)19(22-20(17)18)13-9-11-14(21)12-10-13/h3-5,7-12,15-16,19,22H,2,6H2,1H3/t15-,16-,19+/m0/s1. The van der Waals surface area contributed by atoms with E-state index in [0.717, 1.165) is 23.4 Å². The van der Waals surface area contributed by atoms with Gasteiger partial charge in [-0.3, -0.25) is 0 Å². The number of ether oxygens (including phenoxy) is 1. The van der Waals surface area contributed by atoms with Crippen LogP contribution >= 0.6 is 0 Å². The first-order valence-electron chi connectivity index (χ1n) is 8.22. The number of benzene rings is 2. The van der Waals surface area contributed by atoms with Crippen LogP contribution in [0.4, 0.5) is 10.1 Å². The molecular weight excluding hydrogens is 289 g/mol. The maximum Gasteiger partial charge on any atom is 0.142 e. The van der Waals surface area contributed by atoms with Crippen LogP contribution < -0.4 is 10.1 Å². The van der Waals surface area contributed by atoms with Crippen LogP contribution in [0.2, 0.25) is 0 Å². The molecular formula is C20H20FNO. The number of nitrogens with one attached hydrogen (secondary N) is 1. The minimum atomic E-state index is -0.193. The molecule has 1 aliphatic heterocycles. The maximum absolute atomic E-state index is 13.3. The Morgan fingerprint density at radius 1 is 1.17 bits per heavy atom. The minimum absolute atomic E-state index is 0.171. The summed E-state index contributed by atoms with van der Waals surface area (Å²) in [6, 6.07) is 13.3. The summed E-state index contributed by atoms with van der Waals surface area (Å²) in [5.41, 5.74) is 3.51. The highest BCUT2D eigenvalue weighted by Gasteiger charge is 2.38. The first-order chi connectivity index (χ1) is 11.3. The van der Waals surface area contributed by atoms with Crippen molar-refractivity contribution in [2.75, 3.05) is 11.9 Å². The molecule has 3 heteroatoms. The van der Waals surface area contributed by atoms with E-state index in [1.54, 1.807) is 12.1 Å². The van der Waals surface area contributed by atoms with Gasteiger partial charge in [0.1, 0.15) is 11.6 Å². The number of hydrogen-bond donors (Lipinski definition) is 1. The molecule has 0 radical (unpaired) electrons. The fourth-order valence-electron chi connectivity index (χ4n) is 3.87. The summed E-state index contributed by atoms with van der Waals surface area (Å²) in [6.45, 7) is 2.64. The maximum atomic E-state index is 13.3. The number of allylic oxidation sites excluding steroid dienone is 2. The zero-order chi connectivity index (χ0) is 15.8. The summed E-state index contributed by atoms with van der Waals surface area (Å²) >= 11 is 0. The summed E-state index contributed by atoms with van der Waals surface area (Å²) in [4.78, 5) is 0. The normalized spacial score (nSPS) is 24.7. The first-order valence-corrected chi connectivity index (χ1v) is 8.22. The van der Waals surface area contributed by atoms with Gasteiger partial charge < -0.3 is 10.1 Å². The van der Waals surface area contributed by atoms with Crippen molar-refractivity contribution in [2.24, 2.45) is 5.92 Å². The van der Waals surface area contributed by atoms with Crippen LogP contribution in [0.25, 0.3) is 0 Å². The molecule has 3 atom stereocenters. The van der Waals surface area contributed by atoms with Crippen LogP contribution in [0, 0.1) is 11.7 Å². The second-order valence-electron chi connectivity index (χ2n) is 6.18. The van der Waals surface area contributed by atoms with Crippen molar-refractivity contribution in [1.29, 1.82) is 0 Å². The van der Waals surface area contributed by atoms with Crippen molar-refractivity contribution in [2.45, 2.75) is 25.3 Å². The van der Waals surface area contributed by atoms with Crippen LogP contribution in [0.5, 0.6) is 5.75 Å². The molecule has 0 amide bonds. The summed E-state index contributed by atoms with van der Waals surface area (Å²) in [5, 5.41) is 3.67. The van der Waals surface area contributed by atoms with Gasteiger partial charge in [-0.05, 0) is 48.6 Å². The predicted octanol–water partition coefficient (Wildman–Crippen LogP) is 5.05. The van der Waals surface area contributed by atoms with Gasteiger partial charge in [0, 0.05) is 5.92 Å². The number of halogens is 1. The molecule has 23 heavy (non-hydrogen) atoms. The minimum Gasteiger partial charge on any atom is -0.492 e. The van der Waals surface area contributed by atoms with Gasteiger partial charge in [-0.1, -0.05) is 36.4 Å². The van der Waals surface area contributed by atoms with Gasteiger partial charge in [0.2, 0.25) is 0 Å². The zero-order valence-corrected chi connectivity index (χ0v) is 13.1. The molecule has 2 nitrogen and oxygen atoms in total. The zero-order valence-electron chi connectivity index (χ0n) is 13.1. The summed E-state index contributed by atoms with van der Waals surface area (Å²) in [7, 11) is 0. The van der Waals surface area contributed by atoms with Crippen molar-refractivity contribution < 1.29 is 9.13 Å². The lowest BCUT2D eigenvalue weighted by Gasteiger charge is -2.38. The molecule has 0 saturated carbocycles. The number of anilines is 1. The Morgan fingerprint density at radius 3 is 2.78 bits per heavy atom. The van der Waals surface area contributed by atoms with Gasteiger partial charge in [-0.2, -0.15) is 0 Å². The lowest BCUT2D eigenvalue weighted by molar-refractivity contribution is 0.337. The second kappa shape index (κ2) is 5.73. The molecule has 1 N–H and O–H groups in total. The Balaban J connectivity index is 1.78. The van der Waals surface area contributed by atoms with Crippen molar-refractivity contribution in [3.63, 3.8) is 0 Å².